The highest BCUT2D eigenvalue weighted by Gasteiger charge is 2.23. The summed E-state index contributed by atoms with van der Waals surface area (Å²) in [7, 11) is 1.52. The number of aromatic nitrogens is 1. The number of nitrogens with zero attached hydrogens (tertiary/aromatic N) is 2. The van der Waals surface area contributed by atoms with Crippen LogP contribution < -0.4 is 10.1 Å². The fourth-order valence-electron chi connectivity index (χ4n) is 3.08. The van der Waals surface area contributed by atoms with Gasteiger partial charge in [0.25, 0.3) is 0 Å². The first-order valence-corrected chi connectivity index (χ1v) is 8.37. The van der Waals surface area contributed by atoms with E-state index in [9.17, 15) is 9.18 Å². The van der Waals surface area contributed by atoms with E-state index in [1.807, 2.05) is 12.1 Å². The molecule has 25 heavy (non-hydrogen) atoms. The van der Waals surface area contributed by atoms with Crippen molar-refractivity contribution < 1.29 is 13.9 Å². The van der Waals surface area contributed by atoms with Crippen molar-refractivity contribution in [3.63, 3.8) is 0 Å². The van der Waals surface area contributed by atoms with Crippen molar-refractivity contribution in [2.75, 3.05) is 13.7 Å². The number of carbonyl (C=O) groups is 1. The third kappa shape index (κ3) is 4.76. The van der Waals surface area contributed by atoms with Crippen LogP contribution in [0.15, 0.2) is 42.7 Å². The summed E-state index contributed by atoms with van der Waals surface area (Å²) in [6, 6.07) is 8.92. The third-order valence-electron chi connectivity index (χ3n) is 4.37. The van der Waals surface area contributed by atoms with Crippen LogP contribution in [0.25, 0.3) is 0 Å². The summed E-state index contributed by atoms with van der Waals surface area (Å²) < 4.78 is 19.4. The molecule has 1 aromatic heterocycles. The predicted molar refractivity (Wildman–Crippen MR) is 92.5 cm³/mol. The molecular weight excluding hydrogens is 321 g/mol. The van der Waals surface area contributed by atoms with Crippen LogP contribution in [0.1, 0.15) is 24.0 Å². The normalized spacial score (nSPS) is 16.9. The highest BCUT2D eigenvalue weighted by molar-refractivity contribution is 5.78. The molecule has 0 bridgehead atoms. The van der Waals surface area contributed by atoms with Gasteiger partial charge in [0.1, 0.15) is 11.6 Å². The van der Waals surface area contributed by atoms with Gasteiger partial charge >= 0.3 is 0 Å². The van der Waals surface area contributed by atoms with Crippen molar-refractivity contribution in [1.29, 1.82) is 0 Å². The Kier molecular flexibility index (Phi) is 5.60. The maximum Gasteiger partial charge on any atom is 0.220 e. The van der Waals surface area contributed by atoms with Gasteiger partial charge in [0.15, 0.2) is 0 Å². The van der Waals surface area contributed by atoms with E-state index in [0.717, 1.165) is 12.0 Å². The SMILES string of the molecule is COc1ccc(CN(Cc2ccncc2)C[C@@H]2CCC(=O)N2)c(F)c1. The van der Waals surface area contributed by atoms with Gasteiger partial charge in [0.05, 0.1) is 7.11 Å². The number of amides is 1. The van der Waals surface area contributed by atoms with Crippen molar-refractivity contribution in [3.8, 4) is 5.75 Å². The average molecular weight is 343 g/mol. The quantitative estimate of drug-likeness (QED) is 0.839. The number of methoxy groups -OCH3 is 1. The summed E-state index contributed by atoms with van der Waals surface area (Å²) in [5.41, 5.74) is 1.72. The standard InChI is InChI=1S/C19H22FN3O2/c1-25-17-4-2-15(18(20)10-17)12-23(11-14-6-8-21-9-7-14)13-16-3-5-19(24)22-16/h2,4,6-10,16H,3,5,11-13H2,1H3,(H,22,24)/t16-/m0/s1. The van der Waals surface area contributed by atoms with Crippen molar-refractivity contribution in [2.24, 2.45) is 0 Å². The molecule has 132 valence electrons. The minimum absolute atomic E-state index is 0.0875. The van der Waals surface area contributed by atoms with Crippen LogP contribution >= 0.6 is 0 Å². The van der Waals surface area contributed by atoms with E-state index in [4.69, 9.17) is 4.74 Å². The second kappa shape index (κ2) is 8.07. The zero-order chi connectivity index (χ0) is 17.6. The van der Waals surface area contributed by atoms with Gasteiger partial charge in [0.2, 0.25) is 5.91 Å². The topological polar surface area (TPSA) is 54.5 Å². The molecule has 1 aliphatic heterocycles. The van der Waals surface area contributed by atoms with Crippen LogP contribution in [-0.2, 0) is 17.9 Å². The van der Waals surface area contributed by atoms with E-state index in [1.54, 1.807) is 24.5 Å². The zero-order valence-electron chi connectivity index (χ0n) is 14.2. The van der Waals surface area contributed by atoms with Crippen LogP contribution in [0.4, 0.5) is 4.39 Å². The molecular formula is C19H22FN3O2. The summed E-state index contributed by atoms with van der Waals surface area (Å²) in [5.74, 6) is 0.309. The Hall–Kier alpha value is -2.47. The molecule has 5 nitrogen and oxygen atoms in total. The van der Waals surface area contributed by atoms with Gasteiger partial charge in [-0.05, 0) is 30.2 Å². The third-order valence-corrected chi connectivity index (χ3v) is 4.37. The Balaban J connectivity index is 1.74. The number of pyridine rings is 1. The molecule has 0 aliphatic carbocycles. The first-order valence-electron chi connectivity index (χ1n) is 8.37. The maximum absolute atomic E-state index is 14.3. The molecule has 0 unspecified atom stereocenters. The Labute approximate surface area is 146 Å². The first kappa shape index (κ1) is 17.4. The largest absolute Gasteiger partial charge is 0.497 e. The zero-order valence-corrected chi connectivity index (χ0v) is 14.2. The molecule has 1 fully saturated rings. The van der Waals surface area contributed by atoms with Crippen molar-refractivity contribution in [2.45, 2.75) is 32.0 Å². The minimum atomic E-state index is -0.283. The van der Waals surface area contributed by atoms with Gasteiger partial charge < -0.3 is 10.1 Å². The molecule has 1 amide bonds. The number of benzene rings is 1. The molecule has 0 spiro atoms. The number of hydrogen-bond acceptors (Lipinski definition) is 4. The second-order valence-electron chi connectivity index (χ2n) is 6.29. The fourth-order valence-corrected chi connectivity index (χ4v) is 3.08. The molecule has 1 saturated heterocycles. The van der Waals surface area contributed by atoms with E-state index >= 15 is 0 Å². The number of hydrogen-bond donors (Lipinski definition) is 1. The van der Waals surface area contributed by atoms with Crippen LogP contribution in [0, 0.1) is 5.82 Å². The van der Waals surface area contributed by atoms with E-state index < -0.39 is 0 Å². The summed E-state index contributed by atoms with van der Waals surface area (Å²) in [6.07, 6.45) is 4.87. The number of halogens is 1. The molecule has 1 aliphatic rings. The Morgan fingerprint density at radius 3 is 2.72 bits per heavy atom. The molecule has 6 heteroatoms. The smallest absolute Gasteiger partial charge is 0.220 e. The van der Waals surface area contributed by atoms with Gasteiger partial charge in [0, 0.05) is 56.1 Å². The van der Waals surface area contributed by atoms with E-state index in [0.29, 0.717) is 37.4 Å². The number of ether oxygens (including phenoxy) is 1. The maximum atomic E-state index is 14.3. The van der Waals surface area contributed by atoms with Gasteiger partial charge in [-0.2, -0.15) is 0 Å². The molecule has 1 N–H and O–H groups in total. The Morgan fingerprint density at radius 2 is 2.08 bits per heavy atom. The minimum Gasteiger partial charge on any atom is -0.497 e. The summed E-state index contributed by atoms with van der Waals surface area (Å²) in [5, 5.41) is 2.98. The Bertz CT molecular complexity index is 724. The molecule has 0 radical (unpaired) electrons. The number of nitrogens with one attached hydrogen (secondary N) is 1. The lowest BCUT2D eigenvalue weighted by molar-refractivity contribution is -0.119. The van der Waals surface area contributed by atoms with Crippen molar-refractivity contribution in [3.05, 3.63) is 59.7 Å². The molecule has 1 atom stereocenters. The van der Waals surface area contributed by atoms with Gasteiger partial charge in [-0.25, -0.2) is 4.39 Å². The van der Waals surface area contributed by atoms with Gasteiger partial charge in [-0.1, -0.05) is 6.07 Å². The molecule has 2 heterocycles. The van der Waals surface area contributed by atoms with Gasteiger partial charge in [-0.15, -0.1) is 0 Å². The summed E-state index contributed by atoms with van der Waals surface area (Å²) in [4.78, 5) is 17.6. The molecule has 0 saturated carbocycles. The lowest BCUT2D eigenvalue weighted by atomic mass is 10.1. The van der Waals surface area contributed by atoms with Crippen LogP contribution in [0.3, 0.4) is 0 Å². The second-order valence-corrected chi connectivity index (χ2v) is 6.29. The first-order chi connectivity index (χ1) is 12.1. The van der Waals surface area contributed by atoms with E-state index in [-0.39, 0.29) is 17.8 Å². The lowest BCUT2D eigenvalue weighted by Crippen LogP contribution is -2.38. The van der Waals surface area contributed by atoms with Crippen molar-refractivity contribution in [1.82, 2.24) is 15.2 Å². The number of carbonyl (C=O) groups excluding carboxylic acids is 1. The lowest BCUT2D eigenvalue weighted by Gasteiger charge is -2.26. The van der Waals surface area contributed by atoms with E-state index in [2.05, 4.69) is 15.2 Å². The highest BCUT2D eigenvalue weighted by Crippen LogP contribution is 2.20. The Morgan fingerprint density at radius 1 is 1.28 bits per heavy atom. The van der Waals surface area contributed by atoms with Crippen molar-refractivity contribution >= 4 is 5.91 Å². The number of rotatable bonds is 7. The fraction of sp³-hybridized carbons (Fsp3) is 0.368. The monoisotopic (exact) mass is 343 g/mol. The van der Waals surface area contributed by atoms with Gasteiger partial charge in [-0.3, -0.25) is 14.7 Å². The molecule has 1 aromatic carbocycles. The summed E-state index contributed by atoms with van der Waals surface area (Å²) in [6.45, 7) is 1.81. The molecule has 2 aromatic rings. The van der Waals surface area contributed by atoms with Crippen LogP contribution in [-0.4, -0.2) is 35.5 Å². The van der Waals surface area contributed by atoms with Crippen LogP contribution in [0.2, 0.25) is 0 Å². The molecule has 3 rings (SSSR count). The van der Waals surface area contributed by atoms with E-state index in [1.165, 1.54) is 13.2 Å². The average Bonchev–Trinajstić information content (AvgIpc) is 3.02. The predicted octanol–water partition coefficient (Wildman–Crippen LogP) is 2.51. The highest BCUT2D eigenvalue weighted by atomic mass is 19.1. The van der Waals surface area contributed by atoms with Crippen LogP contribution in [0.5, 0.6) is 5.75 Å². The summed E-state index contributed by atoms with van der Waals surface area (Å²) >= 11 is 0.